The van der Waals surface area contributed by atoms with Crippen LogP contribution in [0.2, 0.25) is 0 Å². The largest absolute Gasteiger partial charge is 0.243 e. The molecule has 106 valence electrons. The van der Waals surface area contributed by atoms with E-state index in [0.717, 1.165) is 25.7 Å². The lowest BCUT2D eigenvalue weighted by atomic mass is 10.1. The average molecular weight is 350 g/mol. The van der Waals surface area contributed by atoms with E-state index in [2.05, 4.69) is 15.9 Å². The summed E-state index contributed by atoms with van der Waals surface area (Å²) in [5.74, 6) is -0.424. The Bertz CT molecular complexity index is 518. The fourth-order valence-corrected chi connectivity index (χ4v) is 4.92. The van der Waals surface area contributed by atoms with E-state index in [4.69, 9.17) is 0 Å². The highest BCUT2D eigenvalue weighted by atomic mass is 79.9. The van der Waals surface area contributed by atoms with Crippen molar-refractivity contribution in [3.05, 3.63) is 30.1 Å². The van der Waals surface area contributed by atoms with E-state index in [-0.39, 0.29) is 10.9 Å². The maximum atomic E-state index is 12.9. The number of hydrogen-bond acceptors (Lipinski definition) is 2. The van der Waals surface area contributed by atoms with E-state index in [1.807, 2.05) is 0 Å². The molecule has 0 aliphatic carbocycles. The summed E-state index contributed by atoms with van der Waals surface area (Å²) in [5.41, 5.74) is 0. The van der Waals surface area contributed by atoms with E-state index in [1.165, 1.54) is 24.3 Å². The SMILES string of the molecule is O=S(=O)(c1ccc(F)cc1)N1CCCCCC1CBr. The van der Waals surface area contributed by atoms with Crippen molar-refractivity contribution in [2.45, 2.75) is 36.6 Å². The number of halogens is 2. The van der Waals surface area contributed by atoms with Crippen LogP contribution in [0.1, 0.15) is 25.7 Å². The Hall–Kier alpha value is -0.460. The lowest BCUT2D eigenvalue weighted by Gasteiger charge is -2.27. The van der Waals surface area contributed by atoms with Crippen molar-refractivity contribution in [2.24, 2.45) is 0 Å². The molecule has 6 heteroatoms. The van der Waals surface area contributed by atoms with Gasteiger partial charge in [-0.2, -0.15) is 4.31 Å². The molecule has 0 N–H and O–H groups in total. The smallest absolute Gasteiger partial charge is 0.207 e. The molecule has 1 saturated heterocycles. The zero-order valence-corrected chi connectivity index (χ0v) is 13.0. The quantitative estimate of drug-likeness (QED) is 0.786. The minimum atomic E-state index is -3.53. The van der Waals surface area contributed by atoms with Crippen LogP contribution in [0.5, 0.6) is 0 Å². The van der Waals surface area contributed by atoms with Gasteiger partial charge in [-0.3, -0.25) is 0 Å². The first-order valence-corrected chi connectivity index (χ1v) is 8.95. The van der Waals surface area contributed by atoms with Gasteiger partial charge in [0.15, 0.2) is 0 Å². The molecule has 0 amide bonds. The van der Waals surface area contributed by atoms with Crippen molar-refractivity contribution in [2.75, 3.05) is 11.9 Å². The first-order valence-electron chi connectivity index (χ1n) is 6.39. The van der Waals surface area contributed by atoms with Gasteiger partial charge in [0.05, 0.1) is 4.90 Å². The Morgan fingerprint density at radius 3 is 2.53 bits per heavy atom. The average Bonchev–Trinajstić information content (AvgIpc) is 2.64. The number of alkyl halides is 1. The molecule has 1 fully saturated rings. The van der Waals surface area contributed by atoms with Crippen LogP contribution in [0.15, 0.2) is 29.2 Å². The molecule has 1 aromatic carbocycles. The zero-order valence-electron chi connectivity index (χ0n) is 10.6. The summed E-state index contributed by atoms with van der Waals surface area (Å²) < 4.78 is 39.7. The summed E-state index contributed by atoms with van der Waals surface area (Å²) in [5, 5.41) is 0.632. The second-order valence-corrected chi connectivity index (χ2v) is 7.27. The summed E-state index contributed by atoms with van der Waals surface area (Å²) in [6.45, 7) is 0.538. The van der Waals surface area contributed by atoms with Gasteiger partial charge in [-0.1, -0.05) is 28.8 Å². The Morgan fingerprint density at radius 2 is 1.89 bits per heavy atom. The first kappa shape index (κ1) is 14.9. The van der Waals surface area contributed by atoms with Crippen LogP contribution in [-0.4, -0.2) is 30.6 Å². The van der Waals surface area contributed by atoms with Crippen molar-refractivity contribution >= 4 is 26.0 Å². The monoisotopic (exact) mass is 349 g/mol. The Balaban J connectivity index is 2.33. The van der Waals surface area contributed by atoms with Gasteiger partial charge in [-0.05, 0) is 37.1 Å². The van der Waals surface area contributed by atoms with E-state index < -0.39 is 15.8 Å². The van der Waals surface area contributed by atoms with Gasteiger partial charge in [-0.15, -0.1) is 0 Å². The fraction of sp³-hybridized carbons (Fsp3) is 0.538. The molecule has 0 radical (unpaired) electrons. The maximum absolute atomic E-state index is 12.9. The van der Waals surface area contributed by atoms with Gasteiger partial charge < -0.3 is 0 Å². The summed E-state index contributed by atoms with van der Waals surface area (Å²) in [6.07, 6.45) is 3.85. The Morgan fingerprint density at radius 1 is 1.21 bits per heavy atom. The number of hydrogen-bond donors (Lipinski definition) is 0. The van der Waals surface area contributed by atoms with Crippen LogP contribution in [0, 0.1) is 5.82 Å². The molecule has 0 spiro atoms. The number of sulfonamides is 1. The Labute approximate surface area is 122 Å². The van der Waals surface area contributed by atoms with Crippen molar-refractivity contribution in [1.82, 2.24) is 4.31 Å². The third-order valence-corrected chi connectivity index (χ3v) is 6.13. The van der Waals surface area contributed by atoms with Gasteiger partial charge in [-0.25, -0.2) is 12.8 Å². The molecule has 1 unspecified atom stereocenters. The van der Waals surface area contributed by atoms with Gasteiger partial charge in [0, 0.05) is 17.9 Å². The van der Waals surface area contributed by atoms with E-state index in [1.54, 1.807) is 4.31 Å². The molecule has 0 aromatic heterocycles. The van der Waals surface area contributed by atoms with Gasteiger partial charge in [0.1, 0.15) is 5.82 Å². The van der Waals surface area contributed by atoms with Crippen LogP contribution in [0.3, 0.4) is 0 Å². The minimum Gasteiger partial charge on any atom is -0.207 e. The van der Waals surface area contributed by atoms with Crippen LogP contribution < -0.4 is 0 Å². The van der Waals surface area contributed by atoms with E-state index >= 15 is 0 Å². The highest BCUT2D eigenvalue weighted by Crippen LogP contribution is 2.25. The highest BCUT2D eigenvalue weighted by molar-refractivity contribution is 9.09. The fourth-order valence-electron chi connectivity index (χ4n) is 2.36. The maximum Gasteiger partial charge on any atom is 0.243 e. The van der Waals surface area contributed by atoms with Gasteiger partial charge in [0.25, 0.3) is 0 Å². The molecule has 3 nitrogen and oxygen atoms in total. The molecule has 1 aliphatic rings. The predicted octanol–water partition coefficient (Wildman–Crippen LogP) is 3.15. The summed E-state index contributed by atoms with van der Waals surface area (Å²) in [4.78, 5) is 0.168. The minimum absolute atomic E-state index is 0.0162. The second kappa shape index (κ2) is 6.33. The van der Waals surface area contributed by atoms with Gasteiger partial charge in [0.2, 0.25) is 10.0 Å². The van der Waals surface area contributed by atoms with Crippen LogP contribution in [0.4, 0.5) is 4.39 Å². The van der Waals surface area contributed by atoms with Crippen LogP contribution >= 0.6 is 15.9 Å². The molecule has 0 saturated carbocycles. The van der Waals surface area contributed by atoms with Crippen molar-refractivity contribution in [1.29, 1.82) is 0 Å². The number of nitrogens with zero attached hydrogens (tertiary/aromatic N) is 1. The topological polar surface area (TPSA) is 37.4 Å². The van der Waals surface area contributed by atoms with Crippen molar-refractivity contribution < 1.29 is 12.8 Å². The number of rotatable bonds is 3. The molecule has 1 aromatic rings. The zero-order chi connectivity index (χ0) is 13.9. The molecule has 1 atom stereocenters. The summed E-state index contributed by atoms with van der Waals surface area (Å²) in [6, 6.07) is 5.03. The molecule has 0 bridgehead atoms. The molecule has 1 aliphatic heterocycles. The molecular weight excluding hydrogens is 333 g/mol. The first-order chi connectivity index (χ1) is 9.05. The summed E-state index contributed by atoms with van der Waals surface area (Å²) in [7, 11) is -3.53. The van der Waals surface area contributed by atoms with Crippen LogP contribution in [-0.2, 0) is 10.0 Å². The van der Waals surface area contributed by atoms with E-state index in [9.17, 15) is 12.8 Å². The van der Waals surface area contributed by atoms with Crippen molar-refractivity contribution in [3.8, 4) is 0 Å². The highest BCUT2D eigenvalue weighted by Gasteiger charge is 2.31. The lowest BCUT2D eigenvalue weighted by molar-refractivity contribution is 0.347. The van der Waals surface area contributed by atoms with Crippen molar-refractivity contribution in [3.63, 3.8) is 0 Å². The molecule has 19 heavy (non-hydrogen) atoms. The van der Waals surface area contributed by atoms with Gasteiger partial charge >= 0.3 is 0 Å². The standard InChI is InChI=1S/C13H17BrFNO2S/c14-10-12-4-2-1-3-9-16(12)19(17,18)13-7-5-11(15)6-8-13/h5-8,12H,1-4,9-10H2. The normalized spacial score (nSPS) is 22.1. The lowest BCUT2D eigenvalue weighted by Crippen LogP contribution is -2.40. The third kappa shape index (κ3) is 3.35. The predicted molar refractivity (Wildman–Crippen MR) is 76.3 cm³/mol. The third-order valence-electron chi connectivity index (χ3n) is 3.42. The van der Waals surface area contributed by atoms with E-state index in [0.29, 0.717) is 11.9 Å². The molecule has 1 heterocycles. The molecular formula is C13H17BrFNO2S. The second-order valence-electron chi connectivity index (χ2n) is 4.73. The van der Waals surface area contributed by atoms with Crippen LogP contribution in [0.25, 0.3) is 0 Å². The summed E-state index contributed by atoms with van der Waals surface area (Å²) >= 11 is 3.40. The molecule has 2 rings (SSSR count). The Kier molecular flexibility index (Phi) is 4.97. The number of benzene rings is 1.